The molecule has 0 saturated carbocycles. The first-order valence-corrected chi connectivity index (χ1v) is 13.2. The van der Waals surface area contributed by atoms with E-state index in [0.29, 0.717) is 18.7 Å². The highest BCUT2D eigenvalue weighted by Crippen LogP contribution is 2.22. The van der Waals surface area contributed by atoms with Crippen LogP contribution < -0.4 is 9.62 Å². The SMILES string of the molecule is Cc1ccc(N(CCCC(=O)NCc2ccc(CN3CCCC3)cc2)S(C)(=O)=O)cc1C. The van der Waals surface area contributed by atoms with E-state index in [1.807, 2.05) is 32.0 Å². The Labute approximate surface area is 192 Å². The average Bonchev–Trinajstić information content (AvgIpc) is 3.25. The summed E-state index contributed by atoms with van der Waals surface area (Å²) in [5.41, 5.74) is 5.17. The van der Waals surface area contributed by atoms with Crippen molar-refractivity contribution in [2.75, 3.05) is 30.2 Å². The van der Waals surface area contributed by atoms with Gasteiger partial charge in [-0.05, 0) is 80.6 Å². The summed E-state index contributed by atoms with van der Waals surface area (Å²) in [6.07, 6.45) is 4.52. The van der Waals surface area contributed by atoms with Crippen molar-refractivity contribution < 1.29 is 13.2 Å². The van der Waals surface area contributed by atoms with Crippen LogP contribution in [0.25, 0.3) is 0 Å². The minimum atomic E-state index is -3.42. The zero-order chi connectivity index (χ0) is 23.1. The summed E-state index contributed by atoms with van der Waals surface area (Å²) in [6.45, 7) is 8.07. The third-order valence-electron chi connectivity index (χ3n) is 6.06. The zero-order valence-corrected chi connectivity index (χ0v) is 20.2. The largest absolute Gasteiger partial charge is 0.352 e. The summed E-state index contributed by atoms with van der Waals surface area (Å²) in [5.74, 6) is -0.0697. The Hall–Kier alpha value is -2.38. The number of amides is 1. The molecule has 7 heteroatoms. The second kappa shape index (κ2) is 11.0. The maximum Gasteiger partial charge on any atom is 0.232 e. The molecule has 2 aromatic rings. The highest BCUT2D eigenvalue weighted by Gasteiger charge is 2.18. The van der Waals surface area contributed by atoms with Crippen molar-refractivity contribution in [1.82, 2.24) is 10.2 Å². The summed E-state index contributed by atoms with van der Waals surface area (Å²) in [4.78, 5) is 14.8. The Balaban J connectivity index is 1.45. The van der Waals surface area contributed by atoms with Gasteiger partial charge in [0.05, 0.1) is 11.9 Å². The standard InChI is InChI=1S/C25H35N3O3S/c1-20-8-13-24(17-21(20)2)28(32(3,30)31)16-6-7-25(29)26-18-22-9-11-23(12-10-22)19-27-14-4-5-15-27/h8-13,17H,4-7,14-16,18-19H2,1-3H3,(H,26,29). The van der Waals surface area contributed by atoms with Crippen LogP contribution in [0.2, 0.25) is 0 Å². The first kappa shape index (κ1) is 24.3. The number of sulfonamides is 1. The third kappa shape index (κ3) is 7.07. The molecule has 0 radical (unpaired) electrons. The number of nitrogens with zero attached hydrogens (tertiary/aromatic N) is 2. The van der Waals surface area contributed by atoms with Crippen LogP contribution in [0.5, 0.6) is 0 Å². The van der Waals surface area contributed by atoms with Crippen LogP contribution in [-0.4, -0.2) is 45.1 Å². The van der Waals surface area contributed by atoms with Crippen LogP contribution in [0.3, 0.4) is 0 Å². The molecule has 0 atom stereocenters. The predicted octanol–water partition coefficient (Wildman–Crippen LogP) is 3.76. The second-order valence-electron chi connectivity index (χ2n) is 8.78. The van der Waals surface area contributed by atoms with Crippen molar-refractivity contribution in [3.8, 4) is 0 Å². The Morgan fingerprint density at radius 1 is 1.00 bits per heavy atom. The number of carbonyl (C=O) groups is 1. The van der Waals surface area contributed by atoms with Crippen LogP contribution in [0.4, 0.5) is 5.69 Å². The van der Waals surface area contributed by atoms with E-state index in [1.54, 1.807) is 0 Å². The number of rotatable bonds is 10. The van der Waals surface area contributed by atoms with Crippen LogP contribution in [0.15, 0.2) is 42.5 Å². The maximum absolute atomic E-state index is 12.3. The van der Waals surface area contributed by atoms with Crippen molar-refractivity contribution >= 4 is 21.6 Å². The highest BCUT2D eigenvalue weighted by molar-refractivity contribution is 7.92. The molecule has 0 spiro atoms. The van der Waals surface area contributed by atoms with E-state index in [-0.39, 0.29) is 18.9 Å². The topological polar surface area (TPSA) is 69.7 Å². The lowest BCUT2D eigenvalue weighted by Crippen LogP contribution is -2.32. The Morgan fingerprint density at radius 3 is 2.28 bits per heavy atom. The van der Waals surface area contributed by atoms with E-state index >= 15 is 0 Å². The molecule has 1 aliphatic heterocycles. The normalized spacial score (nSPS) is 14.5. The number of benzene rings is 2. The van der Waals surface area contributed by atoms with Gasteiger partial charge in [0.2, 0.25) is 15.9 Å². The minimum absolute atomic E-state index is 0.0697. The minimum Gasteiger partial charge on any atom is -0.352 e. The first-order chi connectivity index (χ1) is 15.2. The molecule has 1 amide bonds. The van der Waals surface area contributed by atoms with Crippen molar-refractivity contribution in [2.24, 2.45) is 0 Å². The van der Waals surface area contributed by atoms with Crippen molar-refractivity contribution in [3.63, 3.8) is 0 Å². The van der Waals surface area contributed by atoms with E-state index in [0.717, 1.165) is 23.2 Å². The van der Waals surface area contributed by atoms with Crippen LogP contribution in [-0.2, 0) is 27.9 Å². The smallest absolute Gasteiger partial charge is 0.232 e. The fourth-order valence-corrected chi connectivity index (χ4v) is 4.96. The summed E-state index contributed by atoms with van der Waals surface area (Å²) < 4.78 is 25.9. The molecule has 0 unspecified atom stereocenters. The molecule has 0 aliphatic carbocycles. The van der Waals surface area contributed by atoms with E-state index in [4.69, 9.17) is 0 Å². The van der Waals surface area contributed by atoms with E-state index < -0.39 is 10.0 Å². The Bertz CT molecular complexity index is 1010. The molecule has 1 N–H and O–H groups in total. The molecular formula is C25H35N3O3S. The molecule has 1 fully saturated rings. The lowest BCUT2D eigenvalue weighted by Gasteiger charge is -2.23. The average molecular weight is 458 g/mol. The van der Waals surface area contributed by atoms with Crippen LogP contribution in [0.1, 0.15) is 47.9 Å². The number of aryl methyl sites for hydroxylation is 2. The summed E-state index contributed by atoms with van der Waals surface area (Å²) in [6, 6.07) is 14.0. The number of nitrogens with one attached hydrogen (secondary N) is 1. The zero-order valence-electron chi connectivity index (χ0n) is 19.4. The van der Waals surface area contributed by atoms with E-state index in [9.17, 15) is 13.2 Å². The summed E-state index contributed by atoms with van der Waals surface area (Å²) >= 11 is 0. The Morgan fingerprint density at radius 2 is 1.66 bits per heavy atom. The van der Waals surface area contributed by atoms with Gasteiger partial charge in [-0.1, -0.05) is 30.3 Å². The quantitative estimate of drug-likeness (QED) is 0.590. The molecule has 2 aromatic carbocycles. The monoisotopic (exact) mass is 457 g/mol. The molecule has 6 nitrogen and oxygen atoms in total. The maximum atomic E-state index is 12.3. The lowest BCUT2D eigenvalue weighted by molar-refractivity contribution is -0.121. The fourth-order valence-electron chi connectivity index (χ4n) is 4.00. The predicted molar refractivity (Wildman–Crippen MR) is 130 cm³/mol. The van der Waals surface area contributed by atoms with Crippen molar-refractivity contribution in [1.29, 1.82) is 0 Å². The molecule has 174 valence electrons. The summed E-state index contributed by atoms with van der Waals surface area (Å²) in [7, 11) is -3.42. The van der Waals surface area contributed by atoms with Gasteiger partial charge >= 0.3 is 0 Å². The number of hydrogen-bond donors (Lipinski definition) is 1. The van der Waals surface area contributed by atoms with Gasteiger partial charge < -0.3 is 5.32 Å². The van der Waals surface area contributed by atoms with Gasteiger partial charge in [-0.25, -0.2) is 8.42 Å². The van der Waals surface area contributed by atoms with Gasteiger partial charge in [-0.15, -0.1) is 0 Å². The lowest BCUT2D eigenvalue weighted by atomic mass is 10.1. The molecule has 1 saturated heterocycles. The van der Waals surface area contributed by atoms with Crippen molar-refractivity contribution in [2.45, 2.75) is 52.6 Å². The van der Waals surface area contributed by atoms with E-state index in [2.05, 4.69) is 34.5 Å². The molecule has 3 rings (SSSR count). The first-order valence-electron chi connectivity index (χ1n) is 11.3. The molecule has 32 heavy (non-hydrogen) atoms. The molecule has 0 bridgehead atoms. The van der Waals surface area contributed by atoms with Gasteiger partial charge in [-0.3, -0.25) is 14.0 Å². The van der Waals surface area contributed by atoms with Crippen LogP contribution in [0, 0.1) is 13.8 Å². The fraction of sp³-hybridized carbons (Fsp3) is 0.480. The number of carbonyl (C=O) groups excluding carboxylic acids is 1. The second-order valence-corrected chi connectivity index (χ2v) is 10.7. The molecule has 1 aliphatic rings. The summed E-state index contributed by atoms with van der Waals surface area (Å²) in [5, 5.41) is 2.94. The van der Waals surface area contributed by atoms with Crippen LogP contribution >= 0.6 is 0 Å². The van der Waals surface area contributed by atoms with Gasteiger partial charge in [0.15, 0.2) is 0 Å². The van der Waals surface area contributed by atoms with Gasteiger partial charge in [0.1, 0.15) is 0 Å². The molecule has 0 aromatic heterocycles. The highest BCUT2D eigenvalue weighted by atomic mass is 32.2. The number of hydrogen-bond acceptors (Lipinski definition) is 4. The molecular weight excluding hydrogens is 422 g/mol. The van der Waals surface area contributed by atoms with Gasteiger partial charge in [0, 0.05) is 26.1 Å². The van der Waals surface area contributed by atoms with Gasteiger partial charge in [0.25, 0.3) is 0 Å². The Kier molecular flexibility index (Phi) is 8.32. The van der Waals surface area contributed by atoms with E-state index in [1.165, 1.54) is 42.1 Å². The van der Waals surface area contributed by atoms with Gasteiger partial charge in [-0.2, -0.15) is 0 Å². The molecule has 1 heterocycles. The third-order valence-corrected chi connectivity index (χ3v) is 7.26. The number of likely N-dealkylation sites (tertiary alicyclic amines) is 1. The number of anilines is 1. The van der Waals surface area contributed by atoms with Crippen molar-refractivity contribution in [3.05, 3.63) is 64.7 Å².